The number of fused-ring (bicyclic) bond motifs is 1. The standard InChI is InChI=1S/C24H29FN4O/c1-3-4-13-27(2)24(30)23-21(29-14-8-7-11-22(29)26-23)17-28-15-12-18(16-28)19-9-5-6-10-20(19)25/h5-11,14,18H,3-4,12-13,15-17H2,1-2H3/t18-/m0/s1. The molecular weight excluding hydrogens is 379 g/mol. The van der Waals surface area contributed by atoms with E-state index in [1.807, 2.05) is 48.0 Å². The Bertz CT molecular complexity index is 1030. The number of imidazole rings is 1. The minimum absolute atomic E-state index is 0.0352. The van der Waals surface area contributed by atoms with Crippen LogP contribution >= 0.6 is 0 Å². The molecule has 1 amide bonds. The van der Waals surface area contributed by atoms with E-state index in [4.69, 9.17) is 0 Å². The fourth-order valence-corrected chi connectivity index (χ4v) is 4.29. The molecule has 0 bridgehead atoms. The summed E-state index contributed by atoms with van der Waals surface area (Å²) >= 11 is 0. The maximum atomic E-state index is 14.2. The van der Waals surface area contributed by atoms with E-state index in [1.165, 1.54) is 6.07 Å². The second kappa shape index (κ2) is 8.96. The Labute approximate surface area is 177 Å². The van der Waals surface area contributed by atoms with Crippen LogP contribution in [0.3, 0.4) is 0 Å². The number of likely N-dealkylation sites (tertiary alicyclic amines) is 1. The number of carbonyl (C=O) groups excluding carboxylic acids is 1. The highest BCUT2D eigenvalue weighted by molar-refractivity contribution is 5.94. The van der Waals surface area contributed by atoms with E-state index >= 15 is 0 Å². The van der Waals surface area contributed by atoms with Gasteiger partial charge in [0.1, 0.15) is 11.5 Å². The van der Waals surface area contributed by atoms with E-state index in [-0.39, 0.29) is 17.6 Å². The van der Waals surface area contributed by atoms with E-state index in [0.717, 1.165) is 55.8 Å². The molecule has 1 aliphatic rings. The summed E-state index contributed by atoms with van der Waals surface area (Å²) < 4.78 is 16.2. The monoisotopic (exact) mass is 408 g/mol. The number of nitrogens with zero attached hydrogens (tertiary/aromatic N) is 4. The van der Waals surface area contributed by atoms with Crippen molar-refractivity contribution in [3.8, 4) is 0 Å². The Hall–Kier alpha value is -2.73. The summed E-state index contributed by atoms with van der Waals surface area (Å²) in [6, 6.07) is 12.9. The van der Waals surface area contributed by atoms with E-state index in [2.05, 4.69) is 16.8 Å². The third kappa shape index (κ3) is 4.10. The van der Waals surface area contributed by atoms with Gasteiger partial charge in [0.05, 0.1) is 5.69 Å². The molecule has 0 saturated carbocycles. The molecule has 0 radical (unpaired) electrons. The van der Waals surface area contributed by atoms with Crippen molar-refractivity contribution in [1.82, 2.24) is 19.2 Å². The van der Waals surface area contributed by atoms with Gasteiger partial charge in [-0.2, -0.15) is 0 Å². The lowest BCUT2D eigenvalue weighted by Crippen LogP contribution is -2.30. The van der Waals surface area contributed by atoms with Crippen molar-refractivity contribution in [3.05, 3.63) is 71.4 Å². The van der Waals surface area contributed by atoms with Gasteiger partial charge in [-0.3, -0.25) is 9.69 Å². The molecule has 0 aliphatic carbocycles. The molecule has 1 aliphatic heterocycles. The van der Waals surface area contributed by atoms with Crippen molar-refractivity contribution in [3.63, 3.8) is 0 Å². The topological polar surface area (TPSA) is 40.9 Å². The van der Waals surface area contributed by atoms with Gasteiger partial charge in [-0.05, 0) is 43.1 Å². The Morgan fingerprint density at radius 3 is 2.83 bits per heavy atom. The fraction of sp³-hybridized carbons (Fsp3) is 0.417. The van der Waals surface area contributed by atoms with Crippen molar-refractivity contribution >= 4 is 11.6 Å². The molecule has 6 heteroatoms. The van der Waals surface area contributed by atoms with Crippen LogP contribution in [-0.4, -0.2) is 51.8 Å². The van der Waals surface area contributed by atoms with Gasteiger partial charge in [-0.1, -0.05) is 37.6 Å². The molecule has 30 heavy (non-hydrogen) atoms. The van der Waals surface area contributed by atoms with Crippen molar-refractivity contribution in [1.29, 1.82) is 0 Å². The Kier molecular flexibility index (Phi) is 6.13. The van der Waals surface area contributed by atoms with E-state index in [0.29, 0.717) is 12.2 Å². The van der Waals surface area contributed by atoms with Gasteiger partial charge in [0.2, 0.25) is 0 Å². The summed E-state index contributed by atoms with van der Waals surface area (Å²) in [6.07, 6.45) is 4.89. The molecule has 0 spiro atoms. The zero-order valence-corrected chi connectivity index (χ0v) is 17.7. The first-order chi connectivity index (χ1) is 14.6. The van der Waals surface area contributed by atoms with Crippen LogP contribution in [0.15, 0.2) is 48.7 Å². The molecule has 1 atom stereocenters. The maximum absolute atomic E-state index is 14.2. The quantitative estimate of drug-likeness (QED) is 0.584. The van der Waals surface area contributed by atoms with Gasteiger partial charge in [0, 0.05) is 38.8 Å². The number of pyridine rings is 1. The summed E-state index contributed by atoms with van der Waals surface area (Å²) in [5.41, 5.74) is 3.00. The summed E-state index contributed by atoms with van der Waals surface area (Å²) in [7, 11) is 1.84. The smallest absolute Gasteiger partial charge is 0.274 e. The number of amides is 1. The molecule has 3 aromatic rings. The van der Waals surface area contributed by atoms with Crippen LogP contribution in [0.5, 0.6) is 0 Å². The lowest BCUT2D eigenvalue weighted by molar-refractivity contribution is 0.0786. The maximum Gasteiger partial charge on any atom is 0.274 e. The SMILES string of the molecule is CCCCN(C)C(=O)c1nc2ccccn2c1CN1CC[C@H](c2ccccc2F)C1. The van der Waals surface area contributed by atoms with Gasteiger partial charge >= 0.3 is 0 Å². The number of benzene rings is 1. The molecule has 0 N–H and O–H groups in total. The van der Waals surface area contributed by atoms with Gasteiger partial charge < -0.3 is 9.30 Å². The van der Waals surface area contributed by atoms with Gasteiger partial charge in [0.15, 0.2) is 5.69 Å². The minimum atomic E-state index is -0.132. The first kappa shape index (κ1) is 20.5. The predicted molar refractivity (Wildman–Crippen MR) is 116 cm³/mol. The van der Waals surface area contributed by atoms with Crippen molar-refractivity contribution in [2.75, 3.05) is 26.7 Å². The second-order valence-electron chi connectivity index (χ2n) is 8.16. The Balaban J connectivity index is 1.58. The van der Waals surface area contributed by atoms with Crippen molar-refractivity contribution in [2.24, 2.45) is 0 Å². The average molecular weight is 409 g/mol. The summed E-state index contributed by atoms with van der Waals surface area (Å²) in [5.74, 6) is 0.0105. The van der Waals surface area contributed by atoms with E-state index in [1.54, 1.807) is 11.0 Å². The van der Waals surface area contributed by atoms with Gasteiger partial charge in [0.25, 0.3) is 5.91 Å². The highest BCUT2D eigenvalue weighted by atomic mass is 19.1. The average Bonchev–Trinajstić information content (AvgIpc) is 3.37. The zero-order chi connectivity index (χ0) is 21.1. The second-order valence-corrected chi connectivity index (χ2v) is 8.16. The minimum Gasteiger partial charge on any atom is -0.340 e. The van der Waals surface area contributed by atoms with Crippen LogP contribution in [-0.2, 0) is 6.54 Å². The Morgan fingerprint density at radius 2 is 2.03 bits per heavy atom. The van der Waals surface area contributed by atoms with E-state index in [9.17, 15) is 9.18 Å². The van der Waals surface area contributed by atoms with Crippen LogP contribution in [0.4, 0.5) is 4.39 Å². The molecule has 1 aromatic carbocycles. The predicted octanol–water partition coefficient (Wildman–Crippen LogP) is 4.34. The number of unbranched alkanes of at least 4 members (excludes halogenated alkanes) is 1. The van der Waals surface area contributed by atoms with Crippen molar-refractivity contribution in [2.45, 2.75) is 38.6 Å². The summed E-state index contributed by atoms with van der Waals surface area (Å²) in [6.45, 7) is 5.12. The largest absolute Gasteiger partial charge is 0.340 e. The van der Waals surface area contributed by atoms with Gasteiger partial charge in [-0.15, -0.1) is 0 Å². The number of hydrogen-bond acceptors (Lipinski definition) is 3. The fourth-order valence-electron chi connectivity index (χ4n) is 4.29. The van der Waals surface area contributed by atoms with Gasteiger partial charge in [-0.25, -0.2) is 9.37 Å². The number of rotatable bonds is 7. The lowest BCUT2D eigenvalue weighted by Gasteiger charge is -2.19. The highest BCUT2D eigenvalue weighted by Crippen LogP contribution is 2.30. The number of halogens is 1. The third-order valence-corrected chi connectivity index (χ3v) is 6.02. The first-order valence-electron chi connectivity index (χ1n) is 10.8. The molecule has 1 fully saturated rings. The normalized spacial score (nSPS) is 17.0. The highest BCUT2D eigenvalue weighted by Gasteiger charge is 2.29. The molecule has 1 saturated heterocycles. The molecule has 0 unspecified atom stereocenters. The third-order valence-electron chi connectivity index (χ3n) is 6.02. The zero-order valence-electron chi connectivity index (χ0n) is 17.7. The molecule has 2 aromatic heterocycles. The van der Waals surface area contributed by atoms with Crippen LogP contribution in [0.2, 0.25) is 0 Å². The van der Waals surface area contributed by atoms with Crippen LogP contribution in [0, 0.1) is 5.82 Å². The van der Waals surface area contributed by atoms with Crippen LogP contribution in [0.1, 0.15) is 53.8 Å². The van der Waals surface area contributed by atoms with E-state index < -0.39 is 0 Å². The molecule has 3 heterocycles. The lowest BCUT2D eigenvalue weighted by atomic mass is 9.98. The molecule has 158 valence electrons. The number of aromatic nitrogens is 2. The first-order valence-corrected chi connectivity index (χ1v) is 10.8. The summed E-state index contributed by atoms with van der Waals surface area (Å²) in [5, 5.41) is 0. The number of hydrogen-bond donors (Lipinski definition) is 0. The molecule has 4 rings (SSSR count). The Morgan fingerprint density at radius 1 is 1.23 bits per heavy atom. The van der Waals surface area contributed by atoms with Crippen molar-refractivity contribution < 1.29 is 9.18 Å². The molecular formula is C24H29FN4O. The van der Waals surface area contributed by atoms with Crippen LogP contribution < -0.4 is 0 Å². The van der Waals surface area contributed by atoms with Crippen LogP contribution in [0.25, 0.3) is 5.65 Å². The summed E-state index contributed by atoms with van der Waals surface area (Å²) in [4.78, 5) is 21.9. The molecule has 5 nitrogen and oxygen atoms in total. The number of carbonyl (C=O) groups is 1.